The standard InChI is InChI=1S/C8H7NS/c1-6-5-7-8(10-6)3-2-4-9-7/h2-5H,1H3. The van der Waals surface area contributed by atoms with Crippen molar-refractivity contribution in [2.45, 2.75) is 6.92 Å². The molecule has 0 aliphatic rings. The first-order valence-corrected chi connectivity index (χ1v) is 3.99. The Morgan fingerprint density at radius 1 is 1.50 bits per heavy atom. The van der Waals surface area contributed by atoms with Gasteiger partial charge in [-0.25, -0.2) is 0 Å². The number of nitrogens with zero attached hydrogens (tertiary/aromatic N) is 1. The van der Waals surface area contributed by atoms with Crippen LogP contribution < -0.4 is 0 Å². The monoisotopic (exact) mass is 149 g/mol. The fourth-order valence-corrected chi connectivity index (χ4v) is 1.87. The molecule has 0 radical (unpaired) electrons. The van der Waals surface area contributed by atoms with Crippen LogP contribution in [0.4, 0.5) is 0 Å². The second-order valence-electron chi connectivity index (χ2n) is 2.24. The molecule has 2 heteroatoms. The number of hydrogen-bond donors (Lipinski definition) is 0. The second-order valence-corrected chi connectivity index (χ2v) is 3.53. The highest BCUT2D eigenvalue weighted by Gasteiger charge is 1.95. The van der Waals surface area contributed by atoms with Crippen LogP contribution >= 0.6 is 11.3 Å². The predicted molar refractivity (Wildman–Crippen MR) is 44.4 cm³/mol. The molecule has 2 aromatic rings. The average Bonchev–Trinajstić information content (AvgIpc) is 2.27. The molecule has 0 aromatic carbocycles. The van der Waals surface area contributed by atoms with E-state index >= 15 is 0 Å². The largest absolute Gasteiger partial charge is 0.255 e. The summed E-state index contributed by atoms with van der Waals surface area (Å²) >= 11 is 1.79. The molecule has 0 bridgehead atoms. The van der Waals surface area contributed by atoms with Gasteiger partial charge in [0.25, 0.3) is 0 Å². The fraction of sp³-hybridized carbons (Fsp3) is 0.125. The van der Waals surface area contributed by atoms with Crippen LogP contribution in [0.2, 0.25) is 0 Å². The molecule has 2 heterocycles. The van der Waals surface area contributed by atoms with Gasteiger partial charge in [-0.3, -0.25) is 4.98 Å². The highest BCUT2D eigenvalue weighted by molar-refractivity contribution is 7.18. The molecule has 0 aliphatic heterocycles. The number of hydrogen-bond acceptors (Lipinski definition) is 2. The molecule has 1 nitrogen and oxygen atoms in total. The van der Waals surface area contributed by atoms with E-state index in [-0.39, 0.29) is 0 Å². The molecule has 0 atom stereocenters. The van der Waals surface area contributed by atoms with Crippen molar-refractivity contribution in [3.05, 3.63) is 29.3 Å². The molecule has 0 aliphatic carbocycles. The molecule has 50 valence electrons. The van der Waals surface area contributed by atoms with Gasteiger partial charge in [-0.2, -0.15) is 0 Å². The Balaban J connectivity index is 2.88. The third-order valence-electron chi connectivity index (χ3n) is 1.41. The second kappa shape index (κ2) is 2.06. The number of pyridine rings is 1. The van der Waals surface area contributed by atoms with Gasteiger partial charge in [0.1, 0.15) is 0 Å². The molecule has 2 rings (SSSR count). The Morgan fingerprint density at radius 2 is 2.40 bits per heavy atom. The predicted octanol–water partition coefficient (Wildman–Crippen LogP) is 2.60. The smallest absolute Gasteiger partial charge is 0.0812 e. The Hall–Kier alpha value is -0.890. The Bertz CT molecular complexity index is 318. The van der Waals surface area contributed by atoms with Crippen LogP contribution in [0.1, 0.15) is 4.88 Å². The van der Waals surface area contributed by atoms with Gasteiger partial charge in [0.05, 0.1) is 10.2 Å². The zero-order chi connectivity index (χ0) is 6.97. The van der Waals surface area contributed by atoms with E-state index in [1.807, 2.05) is 12.3 Å². The van der Waals surface area contributed by atoms with Crippen molar-refractivity contribution in [1.29, 1.82) is 0 Å². The van der Waals surface area contributed by atoms with Crippen LogP contribution in [0, 0.1) is 6.92 Å². The lowest BCUT2D eigenvalue weighted by molar-refractivity contribution is 1.42. The lowest BCUT2D eigenvalue weighted by atomic mass is 10.4. The van der Waals surface area contributed by atoms with Crippen molar-refractivity contribution in [2.24, 2.45) is 0 Å². The molecule has 2 aromatic heterocycles. The number of fused-ring (bicyclic) bond motifs is 1. The summed E-state index contributed by atoms with van der Waals surface area (Å²) in [4.78, 5) is 5.54. The van der Waals surface area contributed by atoms with Crippen LogP contribution in [0.5, 0.6) is 0 Å². The van der Waals surface area contributed by atoms with E-state index in [2.05, 4.69) is 24.0 Å². The summed E-state index contributed by atoms with van der Waals surface area (Å²) in [6, 6.07) is 6.18. The number of aryl methyl sites for hydroxylation is 1. The zero-order valence-electron chi connectivity index (χ0n) is 5.66. The van der Waals surface area contributed by atoms with E-state index in [1.54, 1.807) is 11.3 Å². The lowest BCUT2D eigenvalue weighted by Gasteiger charge is -1.81. The Morgan fingerprint density at radius 3 is 3.20 bits per heavy atom. The van der Waals surface area contributed by atoms with E-state index in [9.17, 15) is 0 Å². The third kappa shape index (κ3) is 0.809. The third-order valence-corrected chi connectivity index (χ3v) is 2.42. The lowest BCUT2D eigenvalue weighted by Crippen LogP contribution is -1.66. The summed E-state index contributed by atoms with van der Waals surface area (Å²) < 4.78 is 1.28. The summed E-state index contributed by atoms with van der Waals surface area (Å²) in [7, 11) is 0. The molecule has 0 fully saturated rings. The van der Waals surface area contributed by atoms with E-state index < -0.39 is 0 Å². The first-order valence-electron chi connectivity index (χ1n) is 3.17. The molecule has 10 heavy (non-hydrogen) atoms. The summed E-state index contributed by atoms with van der Waals surface area (Å²) in [5.41, 5.74) is 1.12. The first-order chi connectivity index (χ1) is 4.86. The normalized spacial score (nSPS) is 10.5. The zero-order valence-corrected chi connectivity index (χ0v) is 6.48. The SMILES string of the molecule is Cc1cc2ncccc2s1. The van der Waals surface area contributed by atoms with Crippen LogP contribution in [0.25, 0.3) is 10.2 Å². The summed E-state index contributed by atoms with van der Waals surface area (Å²) in [6.07, 6.45) is 1.83. The van der Waals surface area contributed by atoms with Gasteiger partial charge in [0.15, 0.2) is 0 Å². The molecular weight excluding hydrogens is 142 g/mol. The van der Waals surface area contributed by atoms with Crippen molar-refractivity contribution >= 4 is 21.6 Å². The first kappa shape index (κ1) is 5.86. The molecule has 0 N–H and O–H groups in total. The maximum Gasteiger partial charge on any atom is 0.0812 e. The molecule has 0 spiro atoms. The van der Waals surface area contributed by atoms with Crippen LogP contribution in [-0.4, -0.2) is 4.98 Å². The molecular formula is C8H7NS. The van der Waals surface area contributed by atoms with Gasteiger partial charge in [0, 0.05) is 11.1 Å². The van der Waals surface area contributed by atoms with Crippen molar-refractivity contribution in [3.63, 3.8) is 0 Å². The van der Waals surface area contributed by atoms with E-state index in [0.29, 0.717) is 0 Å². The van der Waals surface area contributed by atoms with Crippen molar-refractivity contribution in [3.8, 4) is 0 Å². The van der Waals surface area contributed by atoms with Gasteiger partial charge in [-0.15, -0.1) is 11.3 Å². The minimum absolute atomic E-state index is 1.12. The molecule has 0 saturated heterocycles. The van der Waals surface area contributed by atoms with Gasteiger partial charge < -0.3 is 0 Å². The highest BCUT2D eigenvalue weighted by atomic mass is 32.1. The number of thiophene rings is 1. The van der Waals surface area contributed by atoms with Gasteiger partial charge in [0.2, 0.25) is 0 Å². The summed E-state index contributed by atoms with van der Waals surface area (Å²) in [5.74, 6) is 0. The van der Waals surface area contributed by atoms with Crippen molar-refractivity contribution in [2.75, 3.05) is 0 Å². The van der Waals surface area contributed by atoms with Gasteiger partial charge in [-0.1, -0.05) is 0 Å². The summed E-state index contributed by atoms with van der Waals surface area (Å²) in [5, 5.41) is 0. The minimum atomic E-state index is 1.12. The summed E-state index contributed by atoms with van der Waals surface area (Å²) in [6.45, 7) is 2.10. The van der Waals surface area contributed by atoms with Crippen molar-refractivity contribution < 1.29 is 0 Å². The number of aromatic nitrogens is 1. The Labute approximate surface area is 63.3 Å². The maximum atomic E-state index is 4.21. The topological polar surface area (TPSA) is 12.9 Å². The quantitative estimate of drug-likeness (QED) is 0.561. The van der Waals surface area contributed by atoms with E-state index in [0.717, 1.165) is 5.52 Å². The van der Waals surface area contributed by atoms with Crippen LogP contribution in [0.15, 0.2) is 24.4 Å². The fourth-order valence-electron chi connectivity index (χ4n) is 0.993. The molecule has 0 saturated carbocycles. The van der Waals surface area contributed by atoms with Gasteiger partial charge >= 0.3 is 0 Å². The Kier molecular flexibility index (Phi) is 1.21. The van der Waals surface area contributed by atoms with E-state index in [4.69, 9.17) is 0 Å². The number of rotatable bonds is 0. The minimum Gasteiger partial charge on any atom is -0.255 e. The van der Waals surface area contributed by atoms with Crippen molar-refractivity contribution in [1.82, 2.24) is 4.98 Å². The van der Waals surface area contributed by atoms with E-state index in [1.165, 1.54) is 9.58 Å². The van der Waals surface area contributed by atoms with Crippen LogP contribution in [0.3, 0.4) is 0 Å². The highest BCUT2D eigenvalue weighted by Crippen LogP contribution is 2.21. The van der Waals surface area contributed by atoms with Gasteiger partial charge in [-0.05, 0) is 25.1 Å². The molecule has 0 unspecified atom stereocenters. The van der Waals surface area contributed by atoms with Crippen LogP contribution in [-0.2, 0) is 0 Å². The average molecular weight is 149 g/mol. The maximum absolute atomic E-state index is 4.21. The molecule has 0 amide bonds.